The van der Waals surface area contributed by atoms with E-state index in [1.54, 1.807) is 54.6 Å². The maximum Gasteiger partial charge on any atom is 0.255 e. The largest absolute Gasteiger partial charge is 0.494 e. The Bertz CT molecular complexity index is 1270. The number of nitrogens with one attached hydrogen (secondary N) is 1. The molecule has 6 nitrogen and oxygen atoms in total. The second kappa shape index (κ2) is 9.61. The molecule has 0 fully saturated rings. The lowest BCUT2D eigenvalue weighted by Gasteiger charge is -2.10. The number of hydrogen-bond acceptors (Lipinski definition) is 5. The molecule has 4 rings (SSSR count). The second-order valence-electron chi connectivity index (χ2n) is 7.73. The first-order chi connectivity index (χ1) is 16.0. The molecule has 3 aromatic carbocycles. The van der Waals surface area contributed by atoms with Crippen LogP contribution in [0.1, 0.15) is 47.2 Å². The maximum absolute atomic E-state index is 13.3. The Hall–Kier alpha value is -4.06. The Morgan fingerprint density at radius 1 is 0.879 bits per heavy atom. The van der Waals surface area contributed by atoms with Gasteiger partial charge in [-0.15, -0.1) is 0 Å². The summed E-state index contributed by atoms with van der Waals surface area (Å²) < 4.78 is 17.0. The van der Waals surface area contributed by atoms with Gasteiger partial charge in [-0.2, -0.15) is 0 Å². The van der Waals surface area contributed by atoms with Crippen molar-refractivity contribution in [2.24, 2.45) is 0 Å². The quantitative estimate of drug-likeness (QED) is 0.333. The molecular formula is C27H25NO5. The summed E-state index contributed by atoms with van der Waals surface area (Å²) in [5, 5.41) is 3.53. The highest BCUT2D eigenvalue weighted by atomic mass is 16.5. The van der Waals surface area contributed by atoms with Gasteiger partial charge in [-0.3, -0.25) is 9.59 Å². The number of ether oxygens (including phenoxy) is 2. The lowest BCUT2D eigenvalue weighted by molar-refractivity contribution is 0.101. The molecule has 168 valence electrons. The molecule has 4 aromatic rings. The summed E-state index contributed by atoms with van der Waals surface area (Å²) in [7, 11) is 0. The molecule has 6 heteroatoms. The number of anilines is 1. The van der Waals surface area contributed by atoms with Crippen molar-refractivity contribution in [3.63, 3.8) is 0 Å². The van der Waals surface area contributed by atoms with Crippen molar-refractivity contribution in [2.75, 3.05) is 11.9 Å². The summed E-state index contributed by atoms with van der Waals surface area (Å²) in [6.45, 7) is 6.31. The van der Waals surface area contributed by atoms with Crippen molar-refractivity contribution in [1.82, 2.24) is 0 Å². The number of furan rings is 1. The van der Waals surface area contributed by atoms with E-state index in [9.17, 15) is 9.59 Å². The minimum absolute atomic E-state index is 0.0399. The van der Waals surface area contributed by atoms with Gasteiger partial charge in [0.15, 0.2) is 5.76 Å². The van der Waals surface area contributed by atoms with Gasteiger partial charge in [-0.1, -0.05) is 12.1 Å². The van der Waals surface area contributed by atoms with Crippen LogP contribution in [0.25, 0.3) is 11.0 Å². The average Bonchev–Trinajstić information content (AvgIpc) is 3.18. The molecule has 1 aromatic heterocycles. The van der Waals surface area contributed by atoms with Gasteiger partial charge in [0.1, 0.15) is 17.1 Å². The molecule has 0 saturated carbocycles. The van der Waals surface area contributed by atoms with Crippen LogP contribution < -0.4 is 14.8 Å². The Kier molecular flexibility index (Phi) is 6.45. The predicted octanol–water partition coefficient (Wildman–Crippen LogP) is 6.10. The number of para-hydroxylation sites is 1. The molecule has 0 aliphatic heterocycles. The van der Waals surface area contributed by atoms with E-state index in [1.807, 2.05) is 39.0 Å². The first-order valence-electron chi connectivity index (χ1n) is 10.8. The van der Waals surface area contributed by atoms with Crippen LogP contribution in [-0.2, 0) is 0 Å². The molecule has 0 radical (unpaired) electrons. The van der Waals surface area contributed by atoms with E-state index in [0.717, 1.165) is 0 Å². The van der Waals surface area contributed by atoms with Crippen molar-refractivity contribution < 1.29 is 23.5 Å². The monoisotopic (exact) mass is 443 g/mol. The van der Waals surface area contributed by atoms with Crippen LogP contribution in [0.2, 0.25) is 0 Å². The third kappa shape index (κ3) is 4.90. The molecule has 1 heterocycles. The van der Waals surface area contributed by atoms with Crippen molar-refractivity contribution in [2.45, 2.75) is 26.9 Å². The summed E-state index contributed by atoms with van der Waals surface area (Å²) in [4.78, 5) is 26.3. The van der Waals surface area contributed by atoms with Crippen molar-refractivity contribution in [3.8, 4) is 11.5 Å². The van der Waals surface area contributed by atoms with Gasteiger partial charge < -0.3 is 19.2 Å². The Balaban J connectivity index is 1.65. The van der Waals surface area contributed by atoms with E-state index in [0.29, 0.717) is 45.9 Å². The first kappa shape index (κ1) is 22.1. The normalized spacial score (nSPS) is 10.9. The third-order valence-electron chi connectivity index (χ3n) is 4.96. The lowest BCUT2D eigenvalue weighted by Crippen LogP contribution is -2.14. The van der Waals surface area contributed by atoms with Gasteiger partial charge in [0.05, 0.1) is 18.4 Å². The predicted molar refractivity (Wildman–Crippen MR) is 127 cm³/mol. The molecule has 0 atom stereocenters. The fourth-order valence-electron chi connectivity index (χ4n) is 3.47. The molecule has 0 spiro atoms. The average molecular weight is 443 g/mol. The number of benzene rings is 3. The number of amides is 1. The van der Waals surface area contributed by atoms with Crippen molar-refractivity contribution in [3.05, 3.63) is 89.7 Å². The van der Waals surface area contributed by atoms with Crippen molar-refractivity contribution >= 4 is 28.3 Å². The molecule has 33 heavy (non-hydrogen) atoms. The SMILES string of the molecule is CCOc1ccc(C(=O)c2oc3ccccc3c2NC(=O)c2ccc(OC(C)C)cc2)cc1. The van der Waals surface area contributed by atoms with E-state index in [2.05, 4.69) is 5.32 Å². The van der Waals surface area contributed by atoms with Crippen molar-refractivity contribution in [1.29, 1.82) is 0 Å². The summed E-state index contributed by atoms with van der Waals surface area (Å²) in [6, 6.07) is 20.9. The van der Waals surface area contributed by atoms with E-state index in [-0.39, 0.29) is 23.6 Å². The minimum Gasteiger partial charge on any atom is -0.494 e. The highest BCUT2D eigenvalue weighted by Gasteiger charge is 2.24. The topological polar surface area (TPSA) is 77.8 Å². The zero-order valence-electron chi connectivity index (χ0n) is 18.8. The Morgan fingerprint density at radius 3 is 2.18 bits per heavy atom. The molecular weight excluding hydrogens is 418 g/mol. The molecule has 0 bridgehead atoms. The number of fused-ring (bicyclic) bond motifs is 1. The van der Waals surface area contributed by atoms with Gasteiger partial charge in [0.25, 0.3) is 5.91 Å². The minimum atomic E-state index is -0.349. The molecule has 0 saturated heterocycles. The van der Waals surface area contributed by atoms with Crippen LogP contribution in [0, 0.1) is 0 Å². The Morgan fingerprint density at radius 2 is 1.52 bits per heavy atom. The van der Waals surface area contributed by atoms with Gasteiger partial charge >= 0.3 is 0 Å². The van der Waals surface area contributed by atoms with E-state index in [4.69, 9.17) is 13.9 Å². The summed E-state index contributed by atoms with van der Waals surface area (Å²) in [5.41, 5.74) is 1.74. The maximum atomic E-state index is 13.3. The van der Waals surface area contributed by atoms with Crippen LogP contribution in [-0.4, -0.2) is 24.4 Å². The summed E-state index contributed by atoms with van der Waals surface area (Å²) in [5.74, 6) is 0.760. The number of carbonyl (C=O) groups excluding carboxylic acids is 2. The third-order valence-corrected chi connectivity index (χ3v) is 4.96. The number of ketones is 1. The molecule has 1 amide bonds. The van der Waals surface area contributed by atoms with Crippen LogP contribution in [0.15, 0.2) is 77.2 Å². The standard InChI is InChI=1S/C27H25NO5/c1-4-31-20-13-9-18(10-14-20)25(29)26-24(22-7-5-6-8-23(22)33-26)28-27(30)19-11-15-21(16-12-19)32-17(2)3/h5-17H,4H2,1-3H3,(H,28,30). The summed E-state index contributed by atoms with van der Waals surface area (Å²) in [6.07, 6.45) is 0.0399. The molecule has 0 aliphatic rings. The van der Waals surface area contributed by atoms with E-state index >= 15 is 0 Å². The van der Waals surface area contributed by atoms with Crippen LogP contribution >= 0.6 is 0 Å². The molecule has 0 unspecified atom stereocenters. The zero-order valence-corrected chi connectivity index (χ0v) is 18.8. The zero-order chi connectivity index (χ0) is 23.4. The van der Waals surface area contributed by atoms with Crippen LogP contribution in [0.4, 0.5) is 5.69 Å². The van der Waals surface area contributed by atoms with Crippen LogP contribution in [0.3, 0.4) is 0 Å². The summed E-state index contributed by atoms with van der Waals surface area (Å²) >= 11 is 0. The fourth-order valence-corrected chi connectivity index (χ4v) is 3.47. The smallest absolute Gasteiger partial charge is 0.255 e. The van der Waals surface area contributed by atoms with E-state index in [1.165, 1.54) is 0 Å². The highest BCUT2D eigenvalue weighted by molar-refractivity contribution is 6.18. The van der Waals surface area contributed by atoms with E-state index < -0.39 is 0 Å². The Labute approximate surface area is 192 Å². The molecule has 1 N–H and O–H groups in total. The number of hydrogen-bond donors (Lipinski definition) is 1. The van der Waals surface area contributed by atoms with Gasteiger partial charge in [0, 0.05) is 16.5 Å². The number of rotatable bonds is 8. The highest BCUT2D eigenvalue weighted by Crippen LogP contribution is 2.33. The van der Waals surface area contributed by atoms with Gasteiger partial charge in [-0.25, -0.2) is 0 Å². The first-order valence-corrected chi connectivity index (χ1v) is 10.8. The van der Waals surface area contributed by atoms with Gasteiger partial charge in [0.2, 0.25) is 5.78 Å². The fraction of sp³-hybridized carbons (Fsp3) is 0.185. The van der Waals surface area contributed by atoms with Crippen LogP contribution in [0.5, 0.6) is 11.5 Å². The van der Waals surface area contributed by atoms with Gasteiger partial charge in [-0.05, 0) is 81.4 Å². The molecule has 0 aliphatic carbocycles. The number of carbonyl (C=O) groups is 2. The second-order valence-corrected chi connectivity index (χ2v) is 7.73. The lowest BCUT2D eigenvalue weighted by atomic mass is 10.1.